The van der Waals surface area contributed by atoms with Gasteiger partial charge in [0, 0.05) is 38.2 Å². The smallest absolute Gasteiger partial charge is 0.236 e. The van der Waals surface area contributed by atoms with Crippen LogP contribution >= 0.6 is 11.3 Å². The number of hydrogen-bond acceptors (Lipinski definition) is 6. The number of nitrogens with zero attached hydrogens (tertiary/aromatic N) is 2. The Bertz CT molecular complexity index is 857. The van der Waals surface area contributed by atoms with Gasteiger partial charge in [-0.25, -0.2) is 9.37 Å². The molecule has 30 heavy (non-hydrogen) atoms. The molecule has 162 valence electrons. The lowest BCUT2D eigenvalue weighted by atomic mass is 9.73. The van der Waals surface area contributed by atoms with Crippen LogP contribution in [0.3, 0.4) is 0 Å². The number of amides is 1. The zero-order chi connectivity index (χ0) is 21.1. The summed E-state index contributed by atoms with van der Waals surface area (Å²) in [7, 11) is 0. The van der Waals surface area contributed by atoms with Crippen LogP contribution in [0.1, 0.15) is 37.9 Å². The van der Waals surface area contributed by atoms with Crippen molar-refractivity contribution in [3.63, 3.8) is 0 Å². The Labute approximate surface area is 180 Å². The highest BCUT2D eigenvalue weighted by Gasteiger charge is 2.42. The number of carbonyl (C=O) groups is 1. The average molecular weight is 434 g/mol. The van der Waals surface area contributed by atoms with Gasteiger partial charge in [-0.05, 0) is 44.4 Å². The van der Waals surface area contributed by atoms with Crippen molar-refractivity contribution in [1.29, 1.82) is 0 Å². The Morgan fingerprint density at radius 1 is 1.23 bits per heavy atom. The van der Waals surface area contributed by atoms with Gasteiger partial charge in [0.15, 0.2) is 5.13 Å². The van der Waals surface area contributed by atoms with E-state index in [1.54, 1.807) is 12.1 Å². The molecular formula is C22H28FN3O3S. The summed E-state index contributed by atoms with van der Waals surface area (Å²) in [4.78, 5) is 20.3. The molecule has 2 aromatic rings. The minimum Gasteiger partial charge on any atom is -0.381 e. The second-order valence-corrected chi connectivity index (χ2v) is 9.11. The zero-order valence-electron chi connectivity index (χ0n) is 17.4. The Balaban J connectivity index is 1.46. The van der Waals surface area contributed by atoms with Crippen molar-refractivity contribution in [2.45, 2.75) is 50.9 Å². The van der Waals surface area contributed by atoms with Crippen molar-refractivity contribution in [3.05, 3.63) is 46.7 Å². The molecule has 6 nitrogen and oxygen atoms in total. The van der Waals surface area contributed by atoms with E-state index >= 15 is 0 Å². The topological polar surface area (TPSA) is 63.7 Å². The summed E-state index contributed by atoms with van der Waals surface area (Å²) in [6.45, 7) is 7.65. The largest absolute Gasteiger partial charge is 0.381 e. The lowest BCUT2D eigenvalue weighted by Gasteiger charge is -2.36. The van der Waals surface area contributed by atoms with Gasteiger partial charge in [0.2, 0.25) is 5.91 Å². The number of aromatic nitrogens is 1. The molecule has 1 aromatic carbocycles. The van der Waals surface area contributed by atoms with Crippen molar-refractivity contribution in [2.75, 3.05) is 31.6 Å². The average Bonchev–Trinajstić information content (AvgIpc) is 3.15. The van der Waals surface area contributed by atoms with Crippen LogP contribution in [0.25, 0.3) is 0 Å². The van der Waals surface area contributed by atoms with E-state index in [4.69, 9.17) is 9.47 Å². The van der Waals surface area contributed by atoms with Gasteiger partial charge in [0.25, 0.3) is 0 Å². The van der Waals surface area contributed by atoms with E-state index in [9.17, 15) is 9.18 Å². The van der Waals surface area contributed by atoms with Crippen LogP contribution in [0.4, 0.5) is 9.52 Å². The molecule has 2 unspecified atom stereocenters. The first-order valence-electron chi connectivity index (χ1n) is 10.4. The highest BCUT2D eigenvalue weighted by Crippen LogP contribution is 2.36. The molecule has 1 N–H and O–H groups in total. The standard InChI is InChI=1S/C22H28FN3O3S/c1-15-11-26(12-16(2)29-15)13-19-14-30-21(24-19)25-20(27)22(7-9-28-10-8-22)17-3-5-18(23)6-4-17/h3-6,14-16H,7-13H2,1-2H3,(H,24,25,27). The minimum atomic E-state index is -0.729. The maximum absolute atomic E-state index is 13.4. The van der Waals surface area contributed by atoms with Crippen LogP contribution < -0.4 is 5.32 Å². The van der Waals surface area contributed by atoms with Crippen molar-refractivity contribution in [1.82, 2.24) is 9.88 Å². The Hall–Kier alpha value is -1.87. The predicted molar refractivity (Wildman–Crippen MR) is 114 cm³/mol. The van der Waals surface area contributed by atoms with Gasteiger partial charge in [-0.15, -0.1) is 11.3 Å². The van der Waals surface area contributed by atoms with E-state index in [-0.39, 0.29) is 23.9 Å². The van der Waals surface area contributed by atoms with Crippen molar-refractivity contribution in [2.24, 2.45) is 0 Å². The third-order valence-electron chi connectivity index (χ3n) is 5.83. The van der Waals surface area contributed by atoms with E-state index in [1.165, 1.54) is 23.5 Å². The zero-order valence-corrected chi connectivity index (χ0v) is 18.2. The monoisotopic (exact) mass is 433 g/mol. The first kappa shape index (κ1) is 21.4. The van der Waals surface area contributed by atoms with Gasteiger partial charge in [-0.1, -0.05) is 12.1 Å². The summed E-state index contributed by atoms with van der Waals surface area (Å²) in [6.07, 6.45) is 1.53. The molecule has 2 fully saturated rings. The molecule has 0 radical (unpaired) electrons. The maximum atomic E-state index is 13.4. The summed E-state index contributed by atoms with van der Waals surface area (Å²) in [5, 5.41) is 5.61. The molecule has 0 bridgehead atoms. The SMILES string of the molecule is CC1CN(Cc2csc(NC(=O)C3(c4ccc(F)cc4)CCOCC3)n2)CC(C)O1. The van der Waals surface area contributed by atoms with E-state index in [1.807, 2.05) is 5.38 Å². The van der Waals surface area contributed by atoms with Gasteiger partial charge < -0.3 is 14.8 Å². The van der Waals surface area contributed by atoms with Crippen LogP contribution in [0.5, 0.6) is 0 Å². The number of halogens is 1. The van der Waals surface area contributed by atoms with Crippen LogP contribution in [0.15, 0.2) is 29.6 Å². The van der Waals surface area contributed by atoms with Gasteiger partial charge in [0.1, 0.15) is 5.82 Å². The van der Waals surface area contributed by atoms with E-state index < -0.39 is 5.41 Å². The molecule has 0 saturated carbocycles. The summed E-state index contributed by atoms with van der Waals surface area (Å²) >= 11 is 1.44. The molecule has 1 amide bonds. The fourth-order valence-corrected chi connectivity index (χ4v) is 5.13. The number of ether oxygens (including phenoxy) is 2. The Morgan fingerprint density at radius 3 is 2.57 bits per heavy atom. The second kappa shape index (κ2) is 9.09. The van der Waals surface area contributed by atoms with Gasteiger partial charge in [0.05, 0.1) is 23.3 Å². The molecule has 2 aliphatic heterocycles. The summed E-state index contributed by atoms with van der Waals surface area (Å²) in [5.41, 5.74) is 1.03. The second-order valence-electron chi connectivity index (χ2n) is 8.25. The normalized spacial score (nSPS) is 24.5. The fourth-order valence-electron chi connectivity index (χ4n) is 4.43. The minimum absolute atomic E-state index is 0.105. The van der Waals surface area contributed by atoms with Crippen LogP contribution in [-0.2, 0) is 26.2 Å². The third-order valence-corrected chi connectivity index (χ3v) is 6.64. The molecule has 3 heterocycles. The first-order valence-corrected chi connectivity index (χ1v) is 11.3. The van der Waals surface area contributed by atoms with Gasteiger partial charge in [-0.3, -0.25) is 9.69 Å². The quantitative estimate of drug-likeness (QED) is 0.781. The van der Waals surface area contributed by atoms with Crippen LogP contribution in [-0.4, -0.2) is 54.3 Å². The highest BCUT2D eigenvalue weighted by molar-refractivity contribution is 7.13. The summed E-state index contributed by atoms with van der Waals surface area (Å²) in [5.74, 6) is -0.412. The number of anilines is 1. The number of thiazole rings is 1. The Kier molecular flexibility index (Phi) is 6.48. The molecule has 0 spiro atoms. The maximum Gasteiger partial charge on any atom is 0.236 e. The summed E-state index contributed by atoms with van der Waals surface area (Å²) in [6, 6.07) is 6.22. The van der Waals surface area contributed by atoms with Gasteiger partial charge >= 0.3 is 0 Å². The predicted octanol–water partition coefficient (Wildman–Crippen LogP) is 3.58. The molecular weight excluding hydrogens is 405 g/mol. The number of rotatable bonds is 5. The molecule has 4 rings (SSSR count). The molecule has 0 aliphatic carbocycles. The number of morpholine rings is 1. The number of carbonyl (C=O) groups excluding carboxylic acids is 1. The lowest BCUT2D eigenvalue weighted by Crippen LogP contribution is -2.45. The molecule has 2 saturated heterocycles. The van der Waals surface area contributed by atoms with Crippen LogP contribution in [0.2, 0.25) is 0 Å². The fraction of sp³-hybridized carbons (Fsp3) is 0.545. The van der Waals surface area contributed by atoms with Crippen molar-refractivity contribution >= 4 is 22.4 Å². The molecule has 8 heteroatoms. The molecule has 1 aromatic heterocycles. The summed E-state index contributed by atoms with van der Waals surface area (Å²) < 4.78 is 24.7. The van der Waals surface area contributed by atoms with Gasteiger partial charge in [-0.2, -0.15) is 0 Å². The van der Waals surface area contributed by atoms with Crippen molar-refractivity contribution in [3.8, 4) is 0 Å². The molecule has 2 aliphatic rings. The highest BCUT2D eigenvalue weighted by atomic mass is 32.1. The van der Waals surface area contributed by atoms with E-state index in [2.05, 4.69) is 29.0 Å². The molecule has 2 atom stereocenters. The van der Waals surface area contributed by atoms with E-state index in [0.29, 0.717) is 31.2 Å². The number of hydrogen-bond donors (Lipinski definition) is 1. The number of nitrogens with one attached hydrogen (secondary N) is 1. The first-order chi connectivity index (χ1) is 14.4. The van der Waals surface area contributed by atoms with Crippen molar-refractivity contribution < 1.29 is 18.7 Å². The number of benzene rings is 1. The lowest BCUT2D eigenvalue weighted by molar-refractivity contribution is -0.125. The third kappa shape index (κ3) is 4.72. The van der Waals surface area contributed by atoms with Crippen LogP contribution in [0, 0.1) is 5.82 Å². The Morgan fingerprint density at radius 2 is 1.90 bits per heavy atom. The van der Waals surface area contributed by atoms with E-state index in [0.717, 1.165) is 30.9 Å².